The Morgan fingerprint density at radius 1 is 1.43 bits per heavy atom. The van der Waals surface area contributed by atoms with Crippen molar-refractivity contribution in [2.24, 2.45) is 21.8 Å². The third kappa shape index (κ3) is 1.67. The molecule has 0 bridgehead atoms. The Hall–Kier alpha value is -0.530. The van der Waals surface area contributed by atoms with Gasteiger partial charge in [0.05, 0.1) is 0 Å². The molecule has 1 rings (SSSR count). The Balaban J connectivity index is 2.99. The van der Waals surface area contributed by atoms with Crippen LogP contribution < -0.4 is 5.43 Å². The Morgan fingerprint density at radius 3 is 2.43 bits per heavy atom. The average molecular weight is 196 g/mol. The van der Waals surface area contributed by atoms with Gasteiger partial charge in [-0.3, -0.25) is 0 Å². The molecule has 3 atom stereocenters. The van der Waals surface area contributed by atoms with Crippen molar-refractivity contribution in [2.75, 3.05) is 0 Å². The van der Waals surface area contributed by atoms with Gasteiger partial charge in [-0.15, -0.1) is 0 Å². The molecule has 1 heterocycles. The van der Waals surface area contributed by atoms with Crippen molar-refractivity contribution >= 4 is 6.21 Å². The van der Waals surface area contributed by atoms with Gasteiger partial charge in [-0.25, -0.2) is 0 Å². The van der Waals surface area contributed by atoms with Crippen molar-refractivity contribution in [3.63, 3.8) is 0 Å². The lowest BCUT2D eigenvalue weighted by atomic mass is 9.59. The minimum Gasteiger partial charge on any atom is -0.307 e. The molecule has 0 radical (unpaired) electrons. The van der Waals surface area contributed by atoms with E-state index in [4.69, 9.17) is 0 Å². The molecule has 0 saturated heterocycles. The van der Waals surface area contributed by atoms with Crippen LogP contribution in [-0.2, 0) is 0 Å². The van der Waals surface area contributed by atoms with Gasteiger partial charge in [0.15, 0.2) is 0 Å². The molecule has 0 aliphatic carbocycles. The number of hydrogen-bond donors (Lipinski definition) is 1. The second-order valence-corrected chi connectivity index (χ2v) is 5.72. The molecule has 0 amide bonds. The van der Waals surface area contributed by atoms with E-state index in [0.717, 1.165) is 6.42 Å². The summed E-state index contributed by atoms with van der Waals surface area (Å²) in [6.45, 7) is 13.8. The Bertz CT molecular complexity index is 227. The monoisotopic (exact) mass is 196 g/mol. The molecule has 0 fully saturated rings. The second kappa shape index (κ2) is 3.56. The SMILES string of the molecule is CCC1NN=C[C@@](C)(C(C)(C)C)[C@H]1C. The van der Waals surface area contributed by atoms with Crippen LogP contribution in [0.3, 0.4) is 0 Å². The largest absolute Gasteiger partial charge is 0.307 e. The summed E-state index contributed by atoms with van der Waals surface area (Å²) >= 11 is 0. The fraction of sp³-hybridized carbons (Fsp3) is 0.917. The van der Waals surface area contributed by atoms with Crippen LogP contribution >= 0.6 is 0 Å². The molecule has 14 heavy (non-hydrogen) atoms. The number of nitrogens with zero attached hydrogens (tertiary/aromatic N) is 1. The maximum Gasteiger partial charge on any atom is 0.0471 e. The zero-order valence-electron chi connectivity index (χ0n) is 10.4. The van der Waals surface area contributed by atoms with Crippen molar-refractivity contribution < 1.29 is 0 Å². The lowest BCUT2D eigenvalue weighted by Crippen LogP contribution is -2.51. The van der Waals surface area contributed by atoms with Crippen LogP contribution in [0.1, 0.15) is 48.0 Å². The number of hydrogen-bond acceptors (Lipinski definition) is 2. The summed E-state index contributed by atoms with van der Waals surface area (Å²) in [4.78, 5) is 0. The van der Waals surface area contributed by atoms with E-state index in [1.54, 1.807) is 0 Å². The zero-order chi connectivity index (χ0) is 11.0. The van der Waals surface area contributed by atoms with Gasteiger partial charge >= 0.3 is 0 Å². The van der Waals surface area contributed by atoms with Crippen LogP contribution in [0.4, 0.5) is 0 Å². The van der Waals surface area contributed by atoms with Gasteiger partial charge < -0.3 is 5.43 Å². The first-order chi connectivity index (χ1) is 6.33. The van der Waals surface area contributed by atoms with E-state index in [9.17, 15) is 0 Å². The Kier molecular flexibility index (Phi) is 2.93. The van der Waals surface area contributed by atoms with Gasteiger partial charge in [-0.1, -0.05) is 41.5 Å². The molecular weight excluding hydrogens is 172 g/mol. The molecule has 1 N–H and O–H groups in total. The summed E-state index contributed by atoms with van der Waals surface area (Å²) in [5.41, 5.74) is 3.68. The highest BCUT2D eigenvalue weighted by molar-refractivity contribution is 5.67. The predicted molar refractivity (Wildman–Crippen MR) is 62.4 cm³/mol. The van der Waals surface area contributed by atoms with Gasteiger partial charge in [-0.05, 0) is 17.8 Å². The fourth-order valence-electron chi connectivity index (χ4n) is 2.24. The normalized spacial score (nSPS) is 38.1. The zero-order valence-corrected chi connectivity index (χ0v) is 10.4. The third-order valence-electron chi connectivity index (χ3n) is 4.18. The summed E-state index contributed by atoms with van der Waals surface area (Å²) in [6.07, 6.45) is 3.24. The number of nitrogens with one attached hydrogen (secondary N) is 1. The second-order valence-electron chi connectivity index (χ2n) is 5.72. The standard InChI is InChI=1S/C12H24N2/c1-7-10-9(2)12(6,8-13-14-10)11(3,4)5/h8-10,14H,7H2,1-6H3/t9-,10?,12+/m0/s1. The quantitative estimate of drug-likeness (QED) is 0.685. The van der Waals surface area contributed by atoms with Crippen LogP contribution in [0.15, 0.2) is 5.10 Å². The molecule has 0 aromatic carbocycles. The van der Waals surface area contributed by atoms with Gasteiger partial charge in [-0.2, -0.15) is 5.10 Å². The summed E-state index contributed by atoms with van der Waals surface area (Å²) in [6, 6.07) is 0.518. The maximum atomic E-state index is 4.32. The summed E-state index contributed by atoms with van der Waals surface area (Å²) in [5, 5.41) is 4.32. The summed E-state index contributed by atoms with van der Waals surface area (Å²) in [5.74, 6) is 0.630. The van der Waals surface area contributed by atoms with Gasteiger partial charge in [0.1, 0.15) is 0 Å². The molecular formula is C12H24N2. The van der Waals surface area contributed by atoms with Gasteiger partial charge in [0.2, 0.25) is 0 Å². The van der Waals surface area contributed by atoms with Crippen molar-refractivity contribution in [1.29, 1.82) is 0 Å². The third-order valence-corrected chi connectivity index (χ3v) is 4.18. The van der Waals surface area contributed by atoms with Crippen LogP contribution in [0, 0.1) is 16.7 Å². The Labute approximate surface area is 88.2 Å². The van der Waals surface area contributed by atoms with Crippen molar-refractivity contribution in [3.05, 3.63) is 0 Å². The Morgan fingerprint density at radius 2 is 2.00 bits per heavy atom. The average Bonchev–Trinajstić information content (AvgIpc) is 2.08. The van der Waals surface area contributed by atoms with Crippen molar-refractivity contribution in [2.45, 2.75) is 54.0 Å². The summed E-state index contributed by atoms with van der Waals surface area (Å²) < 4.78 is 0. The molecule has 0 saturated carbocycles. The first-order valence-electron chi connectivity index (χ1n) is 5.62. The first kappa shape index (κ1) is 11.5. The molecule has 2 nitrogen and oxygen atoms in total. The molecule has 1 unspecified atom stereocenters. The molecule has 1 aliphatic heterocycles. The highest BCUT2D eigenvalue weighted by Gasteiger charge is 2.45. The predicted octanol–water partition coefficient (Wildman–Crippen LogP) is 3.04. The van der Waals surface area contributed by atoms with Crippen molar-refractivity contribution in [1.82, 2.24) is 5.43 Å². The fourth-order valence-corrected chi connectivity index (χ4v) is 2.24. The summed E-state index contributed by atoms with van der Waals surface area (Å²) in [7, 11) is 0. The van der Waals surface area contributed by atoms with E-state index in [1.165, 1.54) is 0 Å². The van der Waals surface area contributed by atoms with E-state index < -0.39 is 0 Å². The lowest BCUT2D eigenvalue weighted by molar-refractivity contribution is 0.0856. The molecule has 2 heteroatoms. The van der Waals surface area contributed by atoms with E-state index in [2.05, 4.69) is 58.3 Å². The van der Waals surface area contributed by atoms with Crippen molar-refractivity contribution in [3.8, 4) is 0 Å². The maximum absolute atomic E-state index is 4.32. The van der Waals surface area contributed by atoms with E-state index >= 15 is 0 Å². The molecule has 0 aromatic rings. The van der Waals surface area contributed by atoms with Crippen LogP contribution in [0.2, 0.25) is 0 Å². The van der Waals surface area contributed by atoms with Crippen LogP contribution in [0.5, 0.6) is 0 Å². The number of rotatable bonds is 1. The molecule has 0 aromatic heterocycles. The minimum atomic E-state index is 0.193. The van der Waals surface area contributed by atoms with E-state index in [-0.39, 0.29) is 10.8 Å². The van der Waals surface area contributed by atoms with Crippen LogP contribution in [-0.4, -0.2) is 12.3 Å². The highest BCUT2D eigenvalue weighted by atomic mass is 15.3. The van der Waals surface area contributed by atoms with E-state index in [0.29, 0.717) is 12.0 Å². The molecule has 1 aliphatic rings. The first-order valence-corrected chi connectivity index (χ1v) is 5.62. The topological polar surface area (TPSA) is 24.4 Å². The minimum absolute atomic E-state index is 0.193. The molecule has 82 valence electrons. The van der Waals surface area contributed by atoms with Gasteiger partial charge in [0.25, 0.3) is 0 Å². The van der Waals surface area contributed by atoms with Crippen LogP contribution in [0.25, 0.3) is 0 Å². The van der Waals surface area contributed by atoms with E-state index in [1.807, 2.05) is 0 Å². The highest BCUT2D eigenvalue weighted by Crippen LogP contribution is 2.45. The smallest absolute Gasteiger partial charge is 0.0471 e. The molecule has 0 spiro atoms. The number of hydrazone groups is 1. The van der Waals surface area contributed by atoms with Gasteiger partial charge in [0, 0.05) is 17.7 Å². The lowest BCUT2D eigenvalue weighted by Gasteiger charge is -2.48.